The molecule has 0 atom stereocenters. The van der Waals surface area contributed by atoms with Crippen LogP contribution in [0.25, 0.3) is 22.0 Å². The van der Waals surface area contributed by atoms with Gasteiger partial charge in [0.2, 0.25) is 5.79 Å². The van der Waals surface area contributed by atoms with E-state index in [9.17, 15) is 0 Å². The summed E-state index contributed by atoms with van der Waals surface area (Å²) in [5, 5.41) is 3.19. The van der Waals surface area contributed by atoms with Crippen molar-refractivity contribution in [1.82, 2.24) is 10.0 Å². The van der Waals surface area contributed by atoms with Gasteiger partial charge in [-0.05, 0) is 55.7 Å². The van der Waals surface area contributed by atoms with Crippen molar-refractivity contribution < 1.29 is 14.3 Å². The number of aryl methyl sites for hydroxylation is 1. The molecule has 0 amide bonds. The number of hydrogen-bond acceptors (Lipinski definition) is 5. The summed E-state index contributed by atoms with van der Waals surface area (Å²) in [7, 11) is 0. The highest BCUT2D eigenvalue weighted by atomic mass is 16.7. The number of aromatic nitrogens is 1. The van der Waals surface area contributed by atoms with Crippen molar-refractivity contribution in [3.05, 3.63) is 59.8 Å². The second-order valence-electron chi connectivity index (χ2n) is 8.52. The molecule has 0 aliphatic carbocycles. The van der Waals surface area contributed by atoms with E-state index in [2.05, 4.69) is 62.2 Å². The van der Waals surface area contributed by atoms with Crippen molar-refractivity contribution in [2.75, 3.05) is 13.1 Å². The standard InChI is InChI=1S/C25H28N2O3/c1-17(2)30-27-13-10-25(11-14-27)28-16-21-15-20(7-9-23(21)29-25)22-8-6-19-5-4-12-26-24(19)18(22)3/h4-9,12,15,17H,10-11,13-14,16H2,1-3H3. The van der Waals surface area contributed by atoms with Crippen LogP contribution in [0, 0.1) is 6.92 Å². The lowest BCUT2D eigenvalue weighted by atomic mass is 9.95. The molecule has 0 radical (unpaired) electrons. The molecular formula is C25H28N2O3. The van der Waals surface area contributed by atoms with Crippen LogP contribution in [0.5, 0.6) is 5.75 Å². The fourth-order valence-corrected chi connectivity index (χ4v) is 4.48. The number of nitrogens with zero attached hydrogens (tertiary/aromatic N) is 2. The van der Waals surface area contributed by atoms with E-state index >= 15 is 0 Å². The zero-order chi connectivity index (χ0) is 20.7. The largest absolute Gasteiger partial charge is 0.462 e. The lowest BCUT2D eigenvalue weighted by Gasteiger charge is -2.43. The number of benzene rings is 2. The first kappa shape index (κ1) is 19.5. The molecule has 1 aromatic heterocycles. The Morgan fingerprint density at radius 1 is 1.10 bits per heavy atom. The van der Waals surface area contributed by atoms with Crippen molar-refractivity contribution in [3.8, 4) is 16.9 Å². The van der Waals surface area contributed by atoms with Gasteiger partial charge in [0.25, 0.3) is 0 Å². The maximum absolute atomic E-state index is 6.39. The smallest absolute Gasteiger partial charge is 0.213 e. The van der Waals surface area contributed by atoms with Crippen molar-refractivity contribution in [1.29, 1.82) is 0 Å². The molecule has 5 nitrogen and oxygen atoms in total. The second-order valence-corrected chi connectivity index (χ2v) is 8.52. The zero-order valence-corrected chi connectivity index (χ0v) is 17.9. The molecule has 3 heterocycles. The molecule has 5 heteroatoms. The third-order valence-electron chi connectivity index (χ3n) is 6.03. The lowest BCUT2D eigenvalue weighted by Crippen LogP contribution is -2.51. The minimum atomic E-state index is -0.534. The van der Waals surface area contributed by atoms with E-state index in [1.807, 2.05) is 17.3 Å². The molecule has 1 saturated heterocycles. The summed E-state index contributed by atoms with van der Waals surface area (Å²) < 4.78 is 12.6. The average Bonchev–Trinajstić information content (AvgIpc) is 2.75. The number of hydrogen-bond donors (Lipinski definition) is 0. The Hall–Kier alpha value is -2.47. The van der Waals surface area contributed by atoms with E-state index in [0.29, 0.717) is 6.61 Å². The predicted octanol–water partition coefficient (Wildman–Crippen LogP) is 5.25. The van der Waals surface area contributed by atoms with Gasteiger partial charge < -0.3 is 9.47 Å². The third-order valence-corrected chi connectivity index (χ3v) is 6.03. The van der Waals surface area contributed by atoms with E-state index in [-0.39, 0.29) is 6.10 Å². The van der Waals surface area contributed by atoms with Crippen LogP contribution in [0.3, 0.4) is 0 Å². The fraction of sp³-hybridized carbons (Fsp3) is 0.400. The summed E-state index contributed by atoms with van der Waals surface area (Å²) in [5.41, 5.74) is 5.71. The van der Waals surface area contributed by atoms with Gasteiger partial charge in [-0.3, -0.25) is 9.82 Å². The third kappa shape index (κ3) is 3.58. The normalized spacial score (nSPS) is 18.5. The van der Waals surface area contributed by atoms with Crippen LogP contribution in [0.1, 0.15) is 37.8 Å². The maximum Gasteiger partial charge on any atom is 0.213 e. The van der Waals surface area contributed by atoms with E-state index in [0.717, 1.165) is 48.1 Å². The number of fused-ring (bicyclic) bond motifs is 2. The highest BCUT2D eigenvalue weighted by molar-refractivity contribution is 5.88. The van der Waals surface area contributed by atoms with Crippen molar-refractivity contribution in [2.45, 2.75) is 52.1 Å². The minimum Gasteiger partial charge on any atom is -0.462 e. The molecule has 30 heavy (non-hydrogen) atoms. The van der Waals surface area contributed by atoms with Crippen LogP contribution in [-0.2, 0) is 16.2 Å². The molecule has 0 unspecified atom stereocenters. The second kappa shape index (κ2) is 7.65. The van der Waals surface area contributed by atoms with Gasteiger partial charge in [-0.1, -0.05) is 24.3 Å². The zero-order valence-electron chi connectivity index (χ0n) is 17.9. The summed E-state index contributed by atoms with van der Waals surface area (Å²) in [4.78, 5) is 10.4. The molecule has 0 bridgehead atoms. The van der Waals surface area contributed by atoms with Gasteiger partial charge in [0, 0.05) is 43.1 Å². The van der Waals surface area contributed by atoms with Crippen LogP contribution in [0.4, 0.5) is 0 Å². The first-order valence-electron chi connectivity index (χ1n) is 10.8. The molecule has 1 fully saturated rings. The first-order chi connectivity index (χ1) is 14.5. The Morgan fingerprint density at radius 3 is 2.73 bits per heavy atom. The van der Waals surface area contributed by atoms with Gasteiger partial charge in [-0.25, -0.2) is 0 Å². The quantitative estimate of drug-likeness (QED) is 0.596. The van der Waals surface area contributed by atoms with E-state index in [4.69, 9.17) is 14.3 Å². The van der Waals surface area contributed by atoms with Crippen molar-refractivity contribution in [2.24, 2.45) is 0 Å². The summed E-state index contributed by atoms with van der Waals surface area (Å²) in [5.74, 6) is 0.397. The molecule has 1 spiro atoms. The number of piperidine rings is 1. The highest BCUT2D eigenvalue weighted by Crippen LogP contribution is 2.40. The molecule has 2 aliphatic rings. The Morgan fingerprint density at radius 2 is 1.93 bits per heavy atom. The molecule has 0 N–H and O–H groups in total. The van der Waals surface area contributed by atoms with E-state index < -0.39 is 5.79 Å². The maximum atomic E-state index is 6.39. The molecule has 2 aliphatic heterocycles. The SMILES string of the molecule is Cc1c(-c2ccc3c(c2)COC2(CCN(OC(C)C)CC2)O3)ccc2cccnc12. The predicted molar refractivity (Wildman–Crippen MR) is 117 cm³/mol. The number of pyridine rings is 1. The fourth-order valence-electron chi connectivity index (χ4n) is 4.48. The number of ether oxygens (including phenoxy) is 2. The first-order valence-corrected chi connectivity index (χ1v) is 10.8. The molecule has 2 aromatic carbocycles. The van der Waals surface area contributed by atoms with E-state index in [1.54, 1.807) is 0 Å². The van der Waals surface area contributed by atoms with Crippen LogP contribution in [0.2, 0.25) is 0 Å². The molecule has 3 aromatic rings. The molecular weight excluding hydrogens is 376 g/mol. The Balaban J connectivity index is 1.38. The van der Waals surface area contributed by atoms with Crippen LogP contribution >= 0.6 is 0 Å². The topological polar surface area (TPSA) is 43.8 Å². The van der Waals surface area contributed by atoms with Gasteiger partial charge in [0.1, 0.15) is 5.75 Å². The van der Waals surface area contributed by atoms with Gasteiger partial charge in [-0.15, -0.1) is 0 Å². The van der Waals surface area contributed by atoms with Gasteiger partial charge >= 0.3 is 0 Å². The number of hydroxylamine groups is 2. The molecule has 156 valence electrons. The Bertz CT molecular complexity index is 1070. The molecule has 5 rings (SSSR count). The van der Waals surface area contributed by atoms with Gasteiger partial charge in [-0.2, -0.15) is 5.06 Å². The van der Waals surface area contributed by atoms with E-state index in [1.165, 1.54) is 16.7 Å². The van der Waals surface area contributed by atoms with Gasteiger partial charge in [0.05, 0.1) is 18.2 Å². The summed E-state index contributed by atoms with van der Waals surface area (Å²) >= 11 is 0. The average molecular weight is 405 g/mol. The lowest BCUT2D eigenvalue weighted by molar-refractivity contribution is -0.274. The van der Waals surface area contributed by atoms with Crippen LogP contribution in [0.15, 0.2) is 48.7 Å². The Labute approximate surface area is 177 Å². The van der Waals surface area contributed by atoms with Crippen LogP contribution < -0.4 is 4.74 Å². The summed E-state index contributed by atoms with van der Waals surface area (Å²) in [6.07, 6.45) is 3.65. The highest BCUT2D eigenvalue weighted by Gasteiger charge is 2.41. The monoisotopic (exact) mass is 404 g/mol. The molecule has 0 saturated carbocycles. The Kier molecular flexibility index (Phi) is 4.97. The number of rotatable bonds is 3. The summed E-state index contributed by atoms with van der Waals surface area (Å²) in [6.45, 7) is 8.44. The van der Waals surface area contributed by atoms with Crippen LogP contribution in [-0.4, -0.2) is 35.0 Å². The van der Waals surface area contributed by atoms with Crippen molar-refractivity contribution >= 4 is 10.9 Å². The van der Waals surface area contributed by atoms with Crippen molar-refractivity contribution in [3.63, 3.8) is 0 Å². The minimum absolute atomic E-state index is 0.195. The summed E-state index contributed by atoms with van der Waals surface area (Å²) in [6, 6.07) is 14.8. The van der Waals surface area contributed by atoms with Gasteiger partial charge in [0.15, 0.2) is 0 Å².